The zero-order valence-corrected chi connectivity index (χ0v) is 4.10. The minimum Gasteiger partial charge on any atom is -0.303 e. The van der Waals surface area contributed by atoms with Gasteiger partial charge in [0.05, 0.1) is 6.54 Å². The van der Waals surface area contributed by atoms with E-state index in [4.69, 9.17) is 5.73 Å². The number of rotatable bonds is 2. The fourth-order valence-corrected chi connectivity index (χ4v) is 0.149. The minimum absolute atomic E-state index is 1.25. The van der Waals surface area contributed by atoms with E-state index in [1.165, 1.54) is 6.54 Å². The van der Waals surface area contributed by atoms with Crippen LogP contribution in [0.4, 0.5) is 0 Å². The Balaban J connectivity index is 2.63. The maximum atomic E-state index is 6.51. The van der Waals surface area contributed by atoms with Crippen molar-refractivity contribution in [3.8, 4) is 0 Å². The van der Waals surface area contributed by atoms with Crippen LogP contribution in [0.2, 0.25) is 0 Å². The lowest BCUT2D eigenvalue weighted by Crippen LogP contribution is -2.06. The van der Waals surface area contributed by atoms with Crippen molar-refractivity contribution in [2.24, 2.45) is 0 Å². The highest BCUT2D eigenvalue weighted by atomic mass is 15.1. The lowest BCUT2D eigenvalue weighted by Gasteiger charge is -2.02. The van der Waals surface area contributed by atoms with Gasteiger partial charge >= 0.3 is 0 Å². The van der Waals surface area contributed by atoms with E-state index in [0.29, 0.717) is 0 Å². The van der Waals surface area contributed by atoms with Crippen LogP contribution in [0.25, 0.3) is 0 Å². The molecule has 3 radical (unpaired) electrons. The van der Waals surface area contributed by atoms with Crippen LogP contribution in [0.3, 0.4) is 0 Å². The molecule has 0 fully saturated rings. The van der Waals surface area contributed by atoms with Gasteiger partial charge in [-0.1, -0.05) is 0 Å². The predicted molar refractivity (Wildman–Crippen MR) is 25.4 cm³/mol. The van der Waals surface area contributed by atoms with E-state index in [1.807, 2.05) is 19.0 Å². The number of nitrogens with one attached hydrogen (secondary N) is 1. The molecule has 1 N–H and O–H groups in total. The molecule has 6 heavy (non-hydrogen) atoms. The van der Waals surface area contributed by atoms with Crippen LogP contribution in [0, 0.1) is 13.1 Å². The Morgan fingerprint density at radius 2 is 2.00 bits per heavy atom. The third kappa shape index (κ3) is 3.92. The van der Waals surface area contributed by atoms with Crippen molar-refractivity contribution < 1.29 is 0 Å². The molecule has 0 aliphatic rings. The van der Waals surface area contributed by atoms with Gasteiger partial charge in [-0.15, -0.1) is 0 Å². The summed E-state index contributed by atoms with van der Waals surface area (Å²) < 4.78 is 0. The smallest absolute Gasteiger partial charge is 0.0566 e. The van der Waals surface area contributed by atoms with Crippen molar-refractivity contribution in [2.45, 2.75) is 0 Å². The van der Waals surface area contributed by atoms with Crippen molar-refractivity contribution in [3.63, 3.8) is 0 Å². The van der Waals surface area contributed by atoms with Gasteiger partial charge in [0.25, 0.3) is 0 Å². The van der Waals surface area contributed by atoms with Crippen LogP contribution in [-0.4, -0.2) is 19.0 Å². The molecule has 0 bridgehead atoms. The molecule has 0 heterocycles. The standard InChI is InChI=1S/C4H9N2/c1-6(2)4-3-5/h3-5H,1-2H3. The second-order valence-corrected chi connectivity index (χ2v) is 1.28. The molecular weight excluding hydrogens is 76.1 g/mol. The molecule has 2 heteroatoms. The normalized spacial score (nSPS) is 10.0. The molecule has 0 aromatic rings. The van der Waals surface area contributed by atoms with Gasteiger partial charge in [0, 0.05) is 6.54 Å². The minimum atomic E-state index is 1.25. The predicted octanol–water partition coefficient (Wildman–Crippen LogP) is 0.154. The van der Waals surface area contributed by atoms with E-state index in [1.54, 1.807) is 6.54 Å². The van der Waals surface area contributed by atoms with Crippen molar-refractivity contribution in [2.75, 3.05) is 14.1 Å². The van der Waals surface area contributed by atoms with Crippen molar-refractivity contribution in [1.82, 2.24) is 10.6 Å². The second kappa shape index (κ2) is 3.12. The number of nitrogens with zero attached hydrogens (tertiary/aromatic N) is 1. The lowest BCUT2D eigenvalue weighted by atomic mass is 10.6. The quantitative estimate of drug-likeness (QED) is 0.469. The van der Waals surface area contributed by atoms with Crippen molar-refractivity contribution in [1.29, 1.82) is 0 Å². The highest BCUT2D eigenvalue weighted by Gasteiger charge is 1.81. The molecule has 0 atom stereocenters. The van der Waals surface area contributed by atoms with Crippen LogP contribution < -0.4 is 5.73 Å². The monoisotopic (exact) mass is 85.1 g/mol. The maximum absolute atomic E-state index is 6.51. The van der Waals surface area contributed by atoms with Crippen LogP contribution >= 0.6 is 0 Å². The van der Waals surface area contributed by atoms with Gasteiger partial charge in [-0.05, 0) is 14.1 Å². The summed E-state index contributed by atoms with van der Waals surface area (Å²) in [4.78, 5) is 1.81. The topological polar surface area (TPSA) is 27.0 Å². The third-order valence-electron chi connectivity index (χ3n) is 0.373. The maximum Gasteiger partial charge on any atom is 0.0566 e. The molecule has 0 unspecified atom stereocenters. The van der Waals surface area contributed by atoms with E-state index in [2.05, 4.69) is 0 Å². The lowest BCUT2D eigenvalue weighted by molar-refractivity contribution is 0.508. The largest absolute Gasteiger partial charge is 0.303 e. The molecular formula is C4H9N2. The van der Waals surface area contributed by atoms with Gasteiger partial charge in [0.15, 0.2) is 0 Å². The Morgan fingerprint density at radius 1 is 1.50 bits per heavy atom. The molecule has 0 spiro atoms. The van der Waals surface area contributed by atoms with Gasteiger partial charge in [-0.3, -0.25) is 5.73 Å². The van der Waals surface area contributed by atoms with E-state index in [9.17, 15) is 0 Å². The molecule has 0 saturated carbocycles. The average Bonchev–Trinajstić information content (AvgIpc) is 1.35. The summed E-state index contributed by atoms with van der Waals surface area (Å²) in [5.41, 5.74) is 6.51. The molecule has 0 amide bonds. The van der Waals surface area contributed by atoms with Gasteiger partial charge in [-0.2, -0.15) is 0 Å². The summed E-state index contributed by atoms with van der Waals surface area (Å²) >= 11 is 0. The summed E-state index contributed by atoms with van der Waals surface area (Å²) in [5, 5.41) is 0. The second-order valence-electron chi connectivity index (χ2n) is 1.28. The first kappa shape index (κ1) is 5.92. The zero-order chi connectivity index (χ0) is 4.99. The van der Waals surface area contributed by atoms with Crippen molar-refractivity contribution >= 4 is 0 Å². The summed E-state index contributed by atoms with van der Waals surface area (Å²) in [6.07, 6.45) is 0. The van der Waals surface area contributed by atoms with Crippen molar-refractivity contribution in [3.05, 3.63) is 13.1 Å². The highest BCUT2D eigenvalue weighted by Crippen LogP contribution is 1.79. The fraction of sp³-hybridized carbons (Fsp3) is 0.500. The Bertz CT molecular complexity index is 26.7. The van der Waals surface area contributed by atoms with Crippen LogP contribution in [-0.2, 0) is 0 Å². The summed E-state index contributed by atoms with van der Waals surface area (Å²) in [5.74, 6) is 0. The number of likely N-dealkylation sites (N-methyl/N-ethyl adjacent to an activating group) is 1. The SMILES string of the molecule is CN(C)[CH][CH][NH]. The third-order valence-corrected chi connectivity index (χ3v) is 0.373. The number of hydrogen-bond acceptors (Lipinski definition) is 1. The molecule has 35 valence electrons. The summed E-state index contributed by atoms with van der Waals surface area (Å²) in [6.45, 7) is 2.92. The number of hydrogen-bond donors (Lipinski definition) is 0. The Kier molecular flexibility index (Phi) is 3.08. The molecule has 0 aliphatic heterocycles. The van der Waals surface area contributed by atoms with Crippen LogP contribution in [0.15, 0.2) is 0 Å². The summed E-state index contributed by atoms with van der Waals surface area (Å²) in [7, 11) is 3.76. The fourth-order valence-electron chi connectivity index (χ4n) is 0.149. The zero-order valence-electron chi connectivity index (χ0n) is 4.10. The Hall–Kier alpha value is -0.0800. The molecule has 0 aliphatic carbocycles. The van der Waals surface area contributed by atoms with E-state index < -0.39 is 0 Å². The average molecular weight is 85.1 g/mol. The van der Waals surface area contributed by atoms with Gasteiger partial charge in [-0.25, -0.2) is 0 Å². The highest BCUT2D eigenvalue weighted by molar-refractivity contribution is 4.71. The Morgan fingerprint density at radius 3 is 2.00 bits per heavy atom. The first-order chi connectivity index (χ1) is 2.77. The van der Waals surface area contributed by atoms with E-state index >= 15 is 0 Å². The van der Waals surface area contributed by atoms with Crippen LogP contribution in [0.1, 0.15) is 0 Å². The molecule has 0 aromatic heterocycles. The van der Waals surface area contributed by atoms with Gasteiger partial charge in [0.2, 0.25) is 0 Å². The Labute approximate surface area is 38.9 Å². The van der Waals surface area contributed by atoms with Crippen LogP contribution in [0.5, 0.6) is 0 Å². The molecule has 0 rings (SSSR count). The first-order valence-corrected chi connectivity index (χ1v) is 1.77. The molecule has 2 nitrogen and oxygen atoms in total. The molecule has 0 aromatic carbocycles. The van der Waals surface area contributed by atoms with Gasteiger partial charge in [0.1, 0.15) is 0 Å². The first-order valence-electron chi connectivity index (χ1n) is 1.77. The molecule has 0 saturated heterocycles. The summed E-state index contributed by atoms with van der Waals surface area (Å²) in [6, 6.07) is 0. The van der Waals surface area contributed by atoms with E-state index in [-0.39, 0.29) is 0 Å². The van der Waals surface area contributed by atoms with E-state index in [0.717, 1.165) is 0 Å². The van der Waals surface area contributed by atoms with Gasteiger partial charge < -0.3 is 4.90 Å².